The molecule has 1 N–H and O–H groups in total. The van der Waals surface area contributed by atoms with Gasteiger partial charge in [0.1, 0.15) is 0 Å². The summed E-state index contributed by atoms with van der Waals surface area (Å²) in [5.41, 5.74) is 0. The smallest absolute Gasteiger partial charge is 0.223 e. The van der Waals surface area contributed by atoms with Gasteiger partial charge in [-0.3, -0.25) is 9.69 Å². The van der Waals surface area contributed by atoms with Gasteiger partial charge in [0, 0.05) is 50.6 Å². The number of hydrogen-bond acceptors (Lipinski definition) is 4. The van der Waals surface area contributed by atoms with E-state index in [1.54, 1.807) is 11.3 Å². The van der Waals surface area contributed by atoms with Crippen LogP contribution in [0.5, 0.6) is 0 Å². The van der Waals surface area contributed by atoms with Crippen LogP contribution in [0.3, 0.4) is 0 Å². The molecule has 6 heteroatoms. The van der Waals surface area contributed by atoms with Crippen molar-refractivity contribution in [2.75, 3.05) is 39.8 Å². The Morgan fingerprint density at radius 2 is 2.11 bits per heavy atom. The maximum Gasteiger partial charge on any atom is 0.223 e. The SMILES string of the molecule is CNCCC(=O)N1CCN(Cc2ccc(Br)s2)CC1. The minimum absolute atomic E-state index is 0.271. The topological polar surface area (TPSA) is 35.6 Å². The molecule has 1 aromatic rings. The Labute approximate surface area is 126 Å². The van der Waals surface area contributed by atoms with Gasteiger partial charge in [-0.25, -0.2) is 0 Å². The van der Waals surface area contributed by atoms with Crippen LogP contribution in [0.1, 0.15) is 11.3 Å². The first-order valence-corrected chi connectivity index (χ1v) is 8.19. The van der Waals surface area contributed by atoms with E-state index < -0.39 is 0 Å². The van der Waals surface area contributed by atoms with Crippen LogP contribution in [0.15, 0.2) is 15.9 Å². The number of thiophene rings is 1. The molecule has 0 aromatic carbocycles. The second kappa shape index (κ2) is 7.38. The standard InChI is InChI=1S/C13H20BrN3OS/c1-15-5-4-13(18)17-8-6-16(7-9-17)10-11-2-3-12(14)19-11/h2-3,15H,4-10H2,1H3. The van der Waals surface area contributed by atoms with Crippen LogP contribution in [0.25, 0.3) is 0 Å². The lowest BCUT2D eigenvalue weighted by molar-refractivity contribution is -0.132. The number of carbonyl (C=O) groups is 1. The van der Waals surface area contributed by atoms with E-state index in [0.717, 1.165) is 39.3 Å². The van der Waals surface area contributed by atoms with Crippen molar-refractivity contribution in [3.63, 3.8) is 0 Å². The molecule has 1 aromatic heterocycles. The summed E-state index contributed by atoms with van der Waals surface area (Å²) in [6.45, 7) is 5.42. The van der Waals surface area contributed by atoms with Gasteiger partial charge in [0.15, 0.2) is 0 Å². The maximum atomic E-state index is 11.9. The van der Waals surface area contributed by atoms with Gasteiger partial charge in [-0.1, -0.05) is 0 Å². The molecule has 4 nitrogen and oxygen atoms in total. The molecule has 0 spiro atoms. The molecule has 0 bridgehead atoms. The van der Waals surface area contributed by atoms with Crippen molar-refractivity contribution < 1.29 is 4.79 Å². The van der Waals surface area contributed by atoms with E-state index >= 15 is 0 Å². The largest absolute Gasteiger partial charge is 0.340 e. The lowest BCUT2D eigenvalue weighted by atomic mass is 10.2. The molecule has 1 fully saturated rings. The molecule has 1 amide bonds. The zero-order chi connectivity index (χ0) is 13.7. The highest BCUT2D eigenvalue weighted by atomic mass is 79.9. The van der Waals surface area contributed by atoms with Crippen LogP contribution in [-0.2, 0) is 11.3 Å². The molecule has 106 valence electrons. The first-order valence-electron chi connectivity index (χ1n) is 6.58. The van der Waals surface area contributed by atoms with Gasteiger partial charge in [0.2, 0.25) is 5.91 Å². The maximum absolute atomic E-state index is 11.9. The summed E-state index contributed by atoms with van der Waals surface area (Å²) in [6, 6.07) is 4.26. The Bertz CT molecular complexity index is 416. The molecule has 1 aliphatic heterocycles. The molecule has 1 saturated heterocycles. The summed E-state index contributed by atoms with van der Waals surface area (Å²) in [6.07, 6.45) is 0.606. The van der Waals surface area contributed by atoms with Crippen LogP contribution in [0.2, 0.25) is 0 Å². The fourth-order valence-corrected chi connectivity index (χ4v) is 3.73. The third-order valence-corrected chi connectivity index (χ3v) is 4.93. The summed E-state index contributed by atoms with van der Waals surface area (Å²) in [7, 11) is 1.88. The van der Waals surface area contributed by atoms with E-state index in [9.17, 15) is 4.79 Å². The molecule has 1 aliphatic rings. The summed E-state index contributed by atoms with van der Waals surface area (Å²) >= 11 is 5.28. The lowest BCUT2D eigenvalue weighted by Gasteiger charge is -2.34. The minimum Gasteiger partial charge on any atom is -0.340 e. The number of halogens is 1. The molecule has 0 aliphatic carbocycles. The van der Waals surface area contributed by atoms with E-state index in [2.05, 4.69) is 38.3 Å². The fourth-order valence-electron chi connectivity index (χ4n) is 2.20. The predicted molar refractivity (Wildman–Crippen MR) is 82.4 cm³/mol. The second-order valence-corrected chi connectivity index (χ2v) is 7.26. The van der Waals surface area contributed by atoms with Gasteiger partial charge in [0.05, 0.1) is 3.79 Å². The third kappa shape index (κ3) is 4.56. The minimum atomic E-state index is 0.271. The molecule has 2 rings (SSSR count). The van der Waals surface area contributed by atoms with Crippen molar-refractivity contribution in [1.29, 1.82) is 0 Å². The average Bonchev–Trinajstić information content (AvgIpc) is 2.82. The van der Waals surface area contributed by atoms with Crippen molar-refractivity contribution in [3.05, 3.63) is 20.8 Å². The molecular weight excluding hydrogens is 326 g/mol. The van der Waals surface area contributed by atoms with Gasteiger partial charge in [-0.2, -0.15) is 0 Å². The molecule has 0 saturated carbocycles. The molecule has 0 atom stereocenters. The predicted octanol–water partition coefficient (Wildman–Crippen LogP) is 1.76. The van der Waals surface area contributed by atoms with Crippen LogP contribution < -0.4 is 5.32 Å². The fraction of sp³-hybridized carbons (Fsp3) is 0.615. The van der Waals surface area contributed by atoms with Gasteiger partial charge in [-0.05, 0) is 35.1 Å². The van der Waals surface area contributed by atoms with E-state index in [0.29, 0.717) is 6.42 Å². The Hall–Kier alpha value is -0.430. The molecular formula is C13H20BrN3OS. The van der Waals surface area contributed by atoms with Crippen LogP contribution in [-0.4, -0.2) is 55.5 Å². The Kier molecular flexibility index (Phi) is 5.81. The summed E-state index contributed by atoms with van der Waals surface area (Å²) in [5, 5.41) is 3.02. The summed E-state index contributed by atoms with van der Waals surface area (Å²) in [5.74, 6) is 0.271. The molecule has 0 radical (unpaired) electrons. The van der Waals surface area contributed by atoms with Gasteiger partial charge >= 0.3 is 0 Å². The monoisotopic (exact) mass is 345 g/mol. The summed E-state index contributed by atoms with van der Waals surface area (Å²) in [4.78, 5) is 17.7. The van der Waals surface area contributed by atoms with E-state index in [1.165, 1.54) is 8.66 Å². The van der Waals surface area contributed by atoms with E-state index in [-0.39, 0.29) is 5.91 Å². The van der Waals surface area contributed by atoms with Gasteiger partial charge in [-0.15, -0.1) is 11.3 Å². The first kappa shape index (κ1) is 15.0. The third-order valence-electron chi connectivity index (χ3n) is 3.32. The normalized spacial score (nSPS) is 16.8. The van der Waals surface area contributed by atoms with Crippen molar-refractivity contribution in [1.82, 2.24) is 15.1 Å². The number of rotatable bonds is 5. The van der Waals surface area contributed by atoms with E-state index in [1.807, 2.05) is 11.9 Å². The highest BCUT2D eigenvalue weighted by molar-refractivity contribution is 9.11. The van der Waals surface area contributed by atoms with E-state index in [4.69, 9.17) is 0 Å². The van der Waals surface area contributed by atoms with Gasteiger partial charge in [0.25, 0.3) is 0 Å². The number of piperazine rings is 1. The summed E-state index contributed by atoms with van der Waals surface area (Å²) < 4.78 is 1.18. The average molecular weight is 346 g/mol. The van der Waals surface area contributed by atoms with Crippen LogP contribution >= 0.6 is 27.3 Å². The first-order chi connectivity index (χ1) is 9.19. The van der Waals surface area contributed by atoms with Crippen molar-refractivity contribution in [3.8, 4) is 0 Å². The van der Waals surface area contributed by atoms with Crippen molar-refractivity contribution in [2.45, 2.75) is 13.0 Å². The van der Waals surface area contributed by atoms with Gasteiger partial charge < -0.3 is 10.2 Å². The highest BCUT2D eigenvalue weighted by Crippen LogP contribution is 2.23. The number of nitrogens with one attached hydrogen (secondary N) is 1. The van der Waals surface area contributed by atoms with Crippen LogP contribution in [0, 0.1) is 0 Å². The number of carbonyl (C=O) groups excluding carboxylic acids is 1. The number of amides is 1. The van der Waals surface area contributed by atoms with Crippen LogP contribution in [0.4, 0.5) is 0 Å². The quantitative estimate of drug-likeness (QED) is 0.883. The zero-order valence-corrected chi connectivity index (χ0v) is 13.6. The highest BCUT2D eigenvalue weighted by Gasteiger charge is 2.20. The van der Waals surface area contributed by atoms with Crippen molar-refractivity contribution in [2.24, 2.45) is 0 Å². The lowest BCUT2D eigenvalue weighted by Crippen LogP contribution is -2.48. The molecule has 2 heterocycles. The Balaban J connectivity index is 1.74. The molecule has 0 unspecified atom stereocenters. The molecule has 19 heavy (non-hydrogen) atoms. The zero-order valence-electron chi connectivity index (χ0n) is 11.2. The Morgan fingerprint density at radius 1 is 1.37 bits per heavy atom. The number of hydrogen-bond donors (Lipinski definition) is 1. The second-order valence-electron chi connectivity index (χ2n) is 4.72. The number of nitrogens with zero attached hydrogens (tertiary/aromatic N) is 2. The van der Waals surface area contributed by atoms with Crippen molar-refractivity contribution >= 4 is 33.2 Å². The Morgan fingerprint density at radius 3 is 2.68 bits per heavy atom.